The Morgan fingerprint density at radius 1 is 1.10 bits per heavy atom. The molecule has 0 saturated carbocycles. The van der Waals surface area contributed by atoms with E-state index in [0.717, 1.165) is 5.56 Å². The van der Waals surface area contributed by atoms with Crippen LogP contribution in [0.3, 0.4) is 0 Å². The van der Waals surface area contributed by atoms with E-state index in [-0.39, 0.29) is 6.79 Å². The molecule has 1 aliphatic rings. The van der Waals surface area contributed by atoms with Gasteiger partial charge in [-0.15, -0.1) is 0 Å². The molecule has 0 N–H and O–H groups in total. The van der Waals surface area contributed by atoms with E-state index in [2.05, 4.69) is 6.07 Å². The normalized spacial score (nSPS) is 13.1. The fraction of sp³-hybridized carbons (Fsp3) is 0.0625. The highest BCUT2D eigenvalue weighted by Crippen LogP contribution is 2.38. The van der Waals surface area contributed by atoms with Gasteiger partial charge in [0.1, 0.15) is 0 Å². The molecule has 0 fully saturated rings. The highest BCUT2D eigenvalue weighted by Gasteiger charge is 2.16. The molecule has 2 aromatic rings. The van der Waals surface area contributed by atoms with Crippen LogP contribution in [0.5, 0.6) is 11.5 Å². The minimum atomic E-state index is 0.182. The van der Waals surface area contributed by atoms with E-state index >= 15 is 0 Å². The van der Waals surface area contributed by atoms with E-state index in [1.807, 2.05) is 0 Å². The summed E-state index contributed by atoms with van der Waals surface area (Å²) in [7, 11) is 0. The Morgan fingerprint density at radius 3 is 2.43 bits per heavy atom. The molecule has 0 amide bonds. The number of hydrogen-bond donors (Lipinski definition) is 0. The number of benzene rings is 2. The Balaban J connectivity index is 2.03. The summed E-state index contributed by atoms with van der Waals surface area (Å²) < 4.78 is 10.6. The van der Waals surface area contributed by atoms with E-state index < -0.39 is 0 Å². The first-order valence-electron chi connectivity index (χ1n) is 6.14. The molecule has 1 aliphatic heterocycles. The summed E-state index contributed by atoms with van der Waals surface area (Å²) >= 11 is 12.1. The maximum Gasteiger partial charge on any atom is 0.231 e. The molecule has 0 atom stereocenters. The van der Waals surface area contributed by atoms with Crippen LogP contribution in [0.4, 0.5) is 0 Å². The zero-order valence-electron chi connectivity index (χ0n) is 10.8. The monoisotopic (exact) mass is 317 g/mol. The van der Waals surface area contributed by atoms with Crippen LogP contribution in [0.1, 0.15) is 11.1 Å². The summed E-state index contributed by atoms with van der Waals surface area (Å²) in [4.78, 5) is 0. The van der Waals surface area contributed by atoms with Crippen LogP contribution in [0.25, 0.3) is 11.6 Å². The van der Waals surface area contributed by atoms with Gasteiger partial charge in [-0.2, -0.15) is 5.26 Å². The number of nitriles is 1. The van der Waals surface area contributed by atoms with Crippen molar-refractivity contribution in [1.29, 1.82) is 5.26 Å². The van der Waals surface area contributed by atoms with Crippen molar-refractivity contribution in [2.45, 2.75) is 0 Å². The third kappa shape index (κ3) is 2.82. The maximum absolute atomic E-state index is 9.34. The predicted molar refractivity (Wildman–Crippen MR) is 82.5 cm³/mol. The third-order valence-electron chi connectivity index (χ3n) is 3.07. The summed E-state index contributed by atoms with van der Waals surface area (Å²) in [6.07, 6.45) is 1.72. The number of rotatable bonds is 2. The summed E-state index contributed by atoms with van der Waals surface area (Å²) in [6, 6.07) is 12.7. The maximum atomic E-state index is 9.34. The lowest BCUT2D eigenvalue weighted by atomic mass is 10.0. The number of fused-ring (bicyclic) bond motifs is 1. The fourth-order valence-electron chi connectivity index (χ4n) is 2.01. The van der Waals surface area contributed by atoms with Crippen molar-refractivity contribution in [2.24, 2.45) is 0 Å². The van der Waals surface area contributed by atoms with Crippen molar-refractivity contribution >= 4 is 34.9 Å². The molecule has 0 bridgehead atoms. The Kier molecular flexibility index (Phi) is 3.74. The zero-order valence-corrected chi connectivity index (χ0v) is 12.3. The summed E-state index contributed by atoms with van der Waals surface area (Å²) in [5, 5.41) is 10.5. The van der Waals surface area contributed by atoms with Gasteiger partial charge in [0.25, 0.3) is 0 Å². The average Bonchev–Trinajstić information content (AvgIpc) is 2.93. The van der Waals surface area contributed by atoms with Crippen LogP contribution < -0.4 is 9.47 Å². The topological polar surface area (TPSA) is 42.2 Å². The molecular weight excluding hydrogens is 309 g/mol. The second-order valence-corrected chi connectivity index (χ2v) is 5.25. The van der Waals surface area contributed by atoms with E-state index in [0.29, 0.717) is 32.7 Å². The highest BCUT2D eigenvalue weighted by molar-refractivity contribution is 6.32. The number of nitrogens with zero attached hydrogens (tertiary/aromatic N) is 1. The first kappa shape index (κ1) is 13.8. The number of allylic oxidation sites excluding steroid dienone is 1. The molecule has 21 heavy (non-hydrogen) atoms. The molecule has 0 spiro atoms. The van der Waals surface area contributed by atoms with Crippen molar-refractivity contribution in [2.75, 3.05) is 6.79 Å². The van der Waals surface area contributed by atoms with E-state index in [4.69, 9.17) is 32.7 Å². The number of hydrogen-bond acceptors (Lipinski definition) is 3. The van der Waals surface area contributed by atoms with Gasteiger partial charge in [0.05, 0.1) is 16.7 Å². The minimum Gasteiger partial charge on any atom is -0.454 e. The van der Waals surface area contributed by atoms with Crippen LogP contribution in [-0.2, 0) is 0 Å². The first-order chi connectivity index (χ1) is 10.2. The smallest absolute Gasteiger partial charge is 0.231 e. The molecule has 1 heterocycles. The minimum absolute atomic E-state index is 0.182. The Bertz CT molecular complexity index is 761. The molecule has 5 heteroatoms. The molecule has 104 valence electrons. The fourth-order valence-corrected chi connectivity index (χ4v) is 2.34. The molecule has 0 aromatic heterocycles. The first-order valence-corrected chi connectivity index (χ1v) is 6.90. The molecule has 0 saturated heterocycles. The number of ether oxygens (including phenoxy) is 2. The van der Waals surface area contributed by atoms with Gasteiger partial charge in [-0.05, 0) is 35.4 Å². The quantitative estimate of drug-likeness (QED) is 0.591. The van der Waals surface area contributed by atoms with Gasteiger partial charge in [0.2, 0.25) is 6.79 Å². The lowest BCUT2D eigenvalue weighted by Crippen LogP contribution is -1.92. The summed E-state index contributed by atoms with van der Waals surface area (Å²) in [5.41, 5.74) is 1.97. The van der Waals surface area contributed by atoms with Gasteiger partial charge in [-0.3, -0.25) is 0 Å². The van der Waals surface area contributed by atoms with Crippen LogP contribution >= 0.6 is 23.2 Å². The predicted octanol–water partition coefficient (Wildman–Crippen LogP) is 4.79. The Hall–Kier alpha value is -2.15. The zero-order chi connectivity index (χ0) is 14.8. The van der Waals surface area contributed by atoms with Gasteiger partial charge in [0.15, 0.2) is 11.5 Å². The van der Waals surface area contributed by atoms with Gasteiger partial charge in [0, 0.05) is 11.1 Å². The largest absolute Gasteiger partial charge is 0.454 e. The van der Waals surface area contributed by atoms with Gasteiger partial charge >= 0.3 is 0 Å². The summed E-state index contributed by atoms with van der Waals surface area (Å²) in [6.45, 7) is 0.182. The van der Waals surface area contributed by atoms with Crippen molar-refractivity contribution < 1.29 is 9.47 Å². The average molecular weight is 318 g/mol. The van der Waals surface area contributed by atoms with E-state index in [1.54, 1.807) is 42.5 Å². The van der Waals surface area contributed by atoms with Gasteiger partial charge < -0.3 is 9.47 Å². The molecule has 3 rings (SSSR count). The van der Waals surface area contributed by atoms with Crippen molar-refractivity contribution in [3.8, 4) is 17.6 Å². The van der Waals surface area contributed by atoms with E-state index in [1.165, 1.54) is 0 Å². The number of halogens is 2. The molecular formula is C16H9Cl2NO2. The standard InChI is InChI=1S/C16H9Cl2NO2/c17-13-3-1-10(2-4-13)12(8-19)5-11-6-15-16(7-14(11)18)21-9-20-15/h1-7H,9H2/b12-5+. The van der Waals surface area contributed by atoms with Crippen LogP contribution in [0.2, 0.25) is 10.0 Å². The van der Waals surface area contributed by atoms with Crippen molar-refractivity contribution in [3.05, 3.63) is 57.6 Å². The van der Waals surface area contributed by atoms with Crippen molar-refractivity contribution in [3.63, 3.8) is 0 Å². The van der Waals surface area contributed by atoms with Crippen molar-refractivity contribution in [1.82, 2.24) is 0 Å². The molecule has 0 aliphatic carbocycles. The SMILES string of the molecule is N#C/C(=C\c1cc2c(cc1Cl)OCO2)c1ccc(Cl)cc1. The highest BCUT2D eigenvalue weighted by atomic mass is 35.5. The molecule has 0 radical (unpaired) electrons. The van der Waals surface area contributed by atoms with Crippen LogP contribution in [0.15, 0.2) is 36.4 Å². The lowest BCUT2D eigenvalue weighted by molar-refractivity contribution is 0.174. The second-order valence-electron chi connectivity index (χ2n) is 4.40. The van der Waals surface area contributed by atoms with Gasteiger partial charge in [-0.25, -0.2) is 0 Å². The van der Waals surface area contributed by atoms with Crippen LogP contribution in [-0.4, -0.2) is 6.79 Å². The Labute approximate surface area is 131 Å². The van der Waals surface area contributed by atoms with E-state index in [9.17, 15) is 5.26 Å². The molecule has 3 nitrogen and oxygen atoms in total. The third-order valence-corrected chi connectivity index (χ3v) is 3.65. The molecule has 2 aromatic carbocycles. The van der Waals surface area contributed by atoms with Gasteiger partial charge in [-0.1, -0.05) is 35.3 Å². The second kappa shape index (κ2) is 5.69. The Morgan fingerprint density at radius 2 is 1.76 bits per heavy atom. The molecule has 0 unspecified atom stereocenters. The summed E-state index contributed by atoms with van der Waals surface area (Å²) in [5.74, 6) is 1.24. The van der Waals surface area contributed by atoms with Crippen LogP contribution in [0, 0.1) is 11.3 Å². The lowest BCUT2D eigenvalue weighted by Gasteiger charge is -2.04.